The molecule has 0 unspecified atom stereocenters. The van der Waals surface area contributed by atoms with Gasteiger partial charge in [-0.05, 0) is 41.3 Å². The lowest BCUT2D eigenvalue weighted by Crippen LogP contribution is -2.26. The fourth-order valence-corrected chi connectivity index (χ4v) is 4.27. The smallest absolute Gasteiger partial charge is 0.284 e. The second-order valence-electron chi connectivity index (χ2n) is 6.36. The number of nitrogens with zero attached hydrogens (tertiary/aromatic N) is 2. The summed E-state index contributed by atoms with van der Waals surface area (Å²) in [6.45, 7) is 0. The van der Waals surface area contributed by atoms with Gasteiger partial charge in [0.25, 0.3) is 5.91 Å². The van der Waals surface area contributed by atoms with E-state index < -0.39 is 10.0 Å². The normalized spacial score (nSPS) is 16.8. The van der Waals surface area contributed by atoms with Crippen molar-refractivity contribution in [3.63, 3.8) is 0 Å². The molecule has 0 aliphatic carbocycles. The Morgan fingerprint density at radius 3 is 2.79 bits per heavy atom. The minimum absolute atomic E-state index is 0.197. The largest absolute Gasteiger partial charge is 0.467 e. The second kappa shape index (κ2) is 7.25. The highest BCUT2D eigenvalue weighted by atomic mass is 32.2. The summed E-state index contributed by atoms with van der Waals surface area (Å²) in [6, 6.07) is 13.8. The summed E-state index contributed by atoms with van der Waals surface area (Å²) < 4.78 is 31.0. The number of hydrogen-bond acceptors (Lipinski definition) is 6. The van der Waals surface area contributed by atoms with Gasteiger partial charge in [-0.3, -0.25) is 9.52 Å². The van der Waals surface area contributed by atoms with Crippen molar-refractivity contribution in [3.05, 3.63) is 76.4 Å². The molecular weight excluding hydrogens is 398 g/mol. The minimum Gasteiger partial charge on any atom is -0.467 e. The lowest BCUT2D eigenvalue weighted by atomic mass is 10.0. The van der Waals surface area contributed by atoms with E-state index in [1.807, 2.05) is 23.6 Å². The van der Waals surface area contributed by atoms with Gasteiger partial charge in [0, 0.05) is 12.1 Å². The lowest BCUT2D eigenvalue weighted by molar-refractivity contribution is 0.0698. The Morgan fingerprint density at radius 1 is 1.25 bits per heavy atom. The van der Waals surface area contributed by atoms with Crippen LogP contribution in [0.2, 0.25) is 0 Å². The van der Waals surface area contributed by atoms with Gasteiger partial charge in [-0.25, -0.2) is 13.4 Å². The first-order valence-corrected chi connectivity index (χ1v) is 11.2. The van der Waals surface area contributed by atoms with E-state index in [0.29, 0.717) is 28.5 Å². The molecule has 28 heavy (non-hydrogen) atoms. The maximum Gasteiger partial charge on any atom is 0.284 e. The van der Waals surface area contributed by atoms with Gasteiger partial charge in [-0.1, -0.05) is 18.2 Å². The number of benzene rings is 1. The van der Waals surface area contributed by atoms with Gasteiger partial charge in [0.05, 0.1) is 23.1 Å². The number of furan rings is 1. The summed E-state index contributed by atoms with van der Waals surface area (Å²) in [4.78, 5) is 13.5. The summed E-state index contributed by atoms with van der Waals surface area (Å²) in [7, 11) is -3.39. The molecule has 1 aromatic carbocycles. The van der Waals surface area contributed by atoms with E-state index in [-0.39, 0.29) is 11.9 Å². The number of nitrogens with one attached hydrogen (secondary N) is 1. The van der Waals surface area contributed by atoms with Crippen molar-refractivity contribution >= 4 is 38.7 Å². The number of sulfonamides is 1. The van der Waals surface area contributed by atoms with Crippen LogP contribution in [0.3, 0.4) is 0 Å². The number of hydrazone groups is 1. The van der Waals surface area contributed by atoms with Crippen molar-refractivity contribution in [1.82, 2.24) is 5.01 Å². The van der Waals surface area contributed by atoms with Crippen LogP contribution in [0.15, 0.2) is 69.7 Å². The van der Waals surface area contributed by atoms with Crippen LogP contribution >= 0.6 is 11.3 Å². The topological polar surface area (TPSA) is 92.0 Å². The van der Waals surface area contributed by atoms with Crippen LogP contribution in [0.1, 0.15) is 33.5 Å². The van der Waals surface area contributed by atoms with Crippen molar-refractivity contribution in [3.8, 4) is 0 Å². The standard InChI is InChI=1S/C19H17N3O4S2/c1-28(24,25)21-14-6-2-5-13(11-14)15-12-16(17-7-3-9-26-17)22(20-15)19(23)18-8-4-10-27-18/h2-11,16,21H,12H2,1H3/t16-/m1/s1. The molecule has 4 rings (SSSR count). The maximum atomic E-state index is 12.9. The molecule has 0 bridgehead atoms. The molecule has 0 saturated carbocycles. The molecule has 0 fully saturated rings. The third-order valence-corrected chi connectivity index (χ3v) is 5.69. The van der Waals surface area contributed by atoms with Gasteiger partial charge in [0.1, 0.15) is 11.8 Å². The van der Waals surface area contributed by atoms with E-state index in [1.54, 1.807) is 36.6 Å². The van der Waals surface area contributed by atoms with Gasteiger partial charge in [0.2, 0.25) is 10.0 Å². The Hall–Kier alpha value is -2.91. The first-order chi connectivity index (χ1) is 13.4. The highest BCUT2D eigenvalue weighted by Gasteiger charge is 2.35. The molecule has 0 radical (unpaired) electrons. The van der Waals surface area contributed by atoms with Gasteiger partial charge >= 0.3 is 0 Å². The molecule has 144 valence electrons. The van der Waals surface area contributed by atoms with E-state index in [4.69, 9.17) is 4.42 Å². The van der Waals surface area contributed by atoms with Gasteiger partial charge < -0.3 is 4.42 Å². The highest BCUT2D eigenvalue weighted by Crippen LogP contribution is 2.35. The summed E-state index contributed by atoms with van der Waals surface area (Å²) >= 11 is 1.36. The Bertz CT molecular complexity index is 1120. The Balaban J connectivity index is 1.69. The summed E-state index contributed by atoms with van der Waals surface area (Å²) in [5.74, 6) is 0.450. The number of carbonyl (C=O) groups is 1. The van der Waals surface area contributed by atoms with Crippen LogP contribution in [0.25, 0.3) is 0 Å². The molecular formula is C19H17N3O4S2. The molecule has 1 amide bonds. The van der Waals surface area contributed by atoms with Gasteiger partial charge in [0.15, 0.2) is 0 Å². The number of anilines is 1. The van der Waals surface area contributed by atoms with Crippen molar-refractivity contribution in [2.24, 2.45) is 5.10 Å². The fraction of sp³-hybridized carbons (Fsp3) is 0.158. The third kappa shape index (κ3) is 3.85. The zero-order chi connectivity index (χ0) is 19.7. The maximum absolute atomic E-state index is 12.9. The van der Waals surface area contributed by atoms with E-state index >= 15 is 0 Å². The van der Waals surface area contributed by atoms with E-state index in [0.717, 1.165) is 11.8 Å². The van der Waals surface area contributed by atoms with Gasteiger partial charge in [-0.2, -0.15) is 5.10 Å². The molecule has 2 aromatic heterocycles. The molecule has 1 aliphatic heterocycles. The van der Waals surface area contributed by atoms with Crippen LogP contribution in [0.4, 0.5) is 5.69 Å². The molecule has 7 nitrogen and oxygen atoms in total. The van der Waals surface area contributed by atoms with Crippen molar-refractivity contribution in [1.29, 1.82) is 0 Å². The number of carbonyl (C=O) groups excluding carboxylic acids is 1. The average Bonchev–Trinajstić information content (AvgIpc) is 3.40. The monoisotopic (exact) mass is 415 g/mol. The van der Waals surface area contributed by atoms with Crippen LogP contribution in [0.5, 0.6) is 0 Å². The molecule has 1 atom stereocenters. The number of amides is 1. The lowest BCUT2D eigenvalue weighted by Gasteiger charge is -2.19. The summed E-state index contributed by atoms with van der Waals surface area (Å²) in [5.41, 5.74) is 1.87. The van der Waals surface area contributed by atoms with Crippen molar-refractivity contribution in [2.45, 2.75) is 12.5 Å². The Labute approximate surface area is 166 Å². The quantitative estimate of drug-likeness (QED) is 0.688. The van der Waals surface area contributed by atoms with Gasteiger partial charge in [-0.15, -0.1) is 11.3 Å². The second-order valence-corrected chi connectivity index (χ2v) is 9.06. The molecule has 3 heterocycles. The first kappa shape index (κ1) is 18.5. The van der Waals surface area contributed by atoms with Crippen molar-refractivity contribution in [2.75, 3.05) is 11.0 Å². The zero-order valence-corrected chi connectivity index (χ0v) is 16.5. The first-order valence-electron chi connectivity index (χ1n) is 8.47. The zero-order valence-electron chi connectivity index (χ0n) is 14.9. The molecule has 0 spiro atoms. The summed E-state index contributed by atoms with van der Waals surface area (Å²) in [5, 5.41) is 7.84. The molecule has 9 heteroatoms. The molecule has 1 aliphatic rings. The van der Waals surface area contributed by atoms with Crippen LogP contribution in [-0.4, -0.2) is 31.3 Å². The van der Waals surface area contributed by atoms with Crippen molar-refractivity contribution < 1.29 is 17.6 Å². The van der Waals surface area contributed by atoms with Crippen LogP contribution in [0, 0.1) is 0 Å². The molecule has 1 N–H and O–H groups in total. The molecule has 3 aromatic rings. The van der Waals surface area contributed by atoms with Crippen LogP contribution in [-0.2, 0) is 10.0 Å². The van der Waals surface area contributed by atoms with Crippen LogP contribution < -0.4 is 4.72 Å². The predicted octanol–water partition coefficient (Wildman–Crippen LogP) is 3.70. The number of thiophene rings is 1. The highest BCUT2D eigenvalue weighted by molar-refractivity contribution is 7.92. The minimum atomic E-state index is -3.39. The third-order valence-electron chi connectivity index (χ3n) is 4.22. The van der Waals surface area contributed by atoms with E-state index in [1.165, 1.54) is 16.3 Å². The summed E-state index contributed by atoms with van der Waals surface area (Å²) in [6.07, 6.45) is 3.13. The molecule has 0 saturated heterocycles. The fourth-order valence-electron chi connectivity index (χ4n) is 3.06. The van der Waals surface area contributed by atoms with E-state index in [2.05, 4.69) is 9.82 Å². The number of hydrogen-bond donors (Lipinski definition) is 1. The average molecular weight is 415 g/mol. The Kier molecular flexibility index (Phi) is 4.78. The Morgan fingerprint density at radius 2 is 2.11 bits per heavy atom. The predicted molar refractivity (Wildman–Crippen MR) is 108 cm³/mol. The SMILES string of the molecule is CS(=O)(=O)Nc1cccc(C2=NN(C(=O)c3cccs3)[C@@H](c3ccco3)C2)c1. The van der Waals surface area contributed by atoms with E-state index in [9.17, 15) is 13.2 Å². The number of rotatable bonds is 5.